The van der Waals surface area contributed by atoms with Crippen molar-refractivity contribution in [1.82, 2.24) is 9.55 Å². The number of allylic oxidation sites excluding steroid dienone is 1. The Hall–Kier alpha value is -3.03. The molecule has 1 aliphatic rings. The monoisotopic (exact) mass is 506 g/mol. The van der Waals surface area contributed by atoms with Crippen LogP contribution in [0.15, 0.2) is 71.6 Å². The van der Waals surface area contributed by atoms with Gasteiger partial charge in [0.15, 0.2) is 17.2 Å². The second-order valence-corrected chi connectivity index (χ2v) is 10.2. The number of ketones is 2. The molecule has 0 saturated heterocycles. The van der Waals surface area contributed by atoms with Gasteiger partial charge >= 0.3 is 0 Å². The number of halogens is 2. The summed E-state index contributed by atoms with van der Waals surface area (Å²) in [4.78, 5) is 32.1. The number of para-hydroxylation sites is 1. The number of carbonyl (C=O) groups is 2. The van der Waals surface area contributed by atoms with Crippen molar-refractivity contribution in [3.05, 3.63) is 98.5 Å². The average molecular weight is 507 g/mol. The van der Waals surface area contributed by atoms with Gasteiger partial charge in [-0.05, 0) is 47.9 Å². The summed E-state index contributed by atoms with van der Waals surface area (Å²) >= 11 is 15.4. The number of nitrogens with zero attached hydrogens (tertiary/aromatic N) is 2. The summed E-state index contributed by atoms with van der Waals surface area (Å²) in [5, 5.41) is 3.45. The Morgan fingerprint density at radius 2 is 1.58 bits per heavy atom. The predicted molar refractivity (Wildman–Crippen MR) is 135 cm³/mol. The molecule has 33 heavy (non-hydrogen) atoms. The van der Waals surface area contributed by atoms with Crippen molar-refractivity contribution in [3.63, 3.8) is 0 Å². The molecule has 0 saturated carbocycles. The van der Waals surface area contributed by atoms with Crippen LogP contribution in [0.2, 0.25) is 10.0 Å². The highest BCUT2D eigenvalue weighted by atomic mass is 35.5. The average Bonchev–Trinajstić information content (AvgIpc) is 3.57. The first-order valence-corrected chi connectivity index (χ1v) is 12.4. The van der Waals surface area contributed by atoms with E-state index in [-0.39, 0.29) is 38.3 Å². The maximum atomic E-state index is 13.1. The van der Waals surface area contributed by atoms with Crippen LogP contribution in [0.25, 0.3) is 32.0 Å². The van der Waals surface area contributed by atoms with Gasteiger partial charge < -0.3 is 0 Å². The minimum Gasteiger partial charge on any atom is -0.294 e. The van der Waals surface area contributed by atoms with Gasteiger partial charge in [0.1, 0.15) is 5.01 Å². The molecule has 160 valence electrons. The number of Topliss-reactive ketones (excluding diaryl/α,β-unsaturated/α-hetero) is 2. The fourth-order valence-electron chi connectivity index (χ4n) is 3.95. The molecule has 0 atom stereocenters. The molecule has 0 bridgehead atoms. The lowest BCUT2D eigenvalue weighted by molar-refractivity contribution is 0.0990. The van der Waals surface area contributed by atoms with Gasteiger partial charge in [-0.3, -0.25) is 14.2 Å². The summed E-state index contributed by atoms with van der Waals surface area (Å²) < 4.78 is 2.94. The van der Waals surface area contributed by atoms with Crippen molar-refractivity contribution >= 4 is 73.9 Å². The third-order valence-corrected chi connectivity index (χ3v) is 8.21. The van der Waals surface area contributed by atoms with Crippen LogP contribution in [0, 0.1) is 0 Å². The van der Waals surface area contributed by atoms with Gasteiger partial charge in [0.25, 0.3) is 0 Å². The summed E-state index contributed by atoms with van der Waals surface area (Å²) in [6.45, 7) is 0. The normalized spacial score (nSPS) is 13.2. The number of aromatic nitrogens is 2. The molecule has 6 rings (SSSR count). The zero-order chi connectivity index (χ0) is 22.7. The SMILES string of the molecule is O=C1C(=Cc2cc3sc(-c4cccs4)nc3n2-c2ccccc2)C(=O)c2cc(Cl)c(Cl)cc21. The Balaban J connectivity index is 1.54. The van der Waals surface area contributed by atoms with Crippen molar-refractivity contribution in [1.29, 1.82) is 0 Å². The Labute approximate surface area is 206 Å². The van der Waals surface area contributed by atoms with Crippen LogP contribution in [0.1, 0.15) is 26.4 Å². The van der Waals surface area contributed by atoms with Crippen LogP contribution in [-0.4, -0.2) is 21.1 Å². The molecule has 0 aliphatic heterocycles. The van der Waals surface area contributed by atoms with Gasteiger partial charge in [0.05, 0.1) is 30.9 Å². The number of hydrogen-bond donors (Lipinski definition) is 0. The number of thiazole rings is 1. The van der Waals surface area contributed by atoms with Crippen molar-refractivity contribution in [2.45, 2.75) is 0 Å². The van der Waals surface area contributed by atoms with E-state index in [1.54, 1.807) is 28.7 Å². The topological polar surface area (TPSA) is 52.0 Å². The van der Waals surface area contributed by atoms with E-state index in [2.05, 4.69) is 0 Å². The molecule has 3 heterocycles. The Kier molecular flexibility index (Phi) is 4.85. The summed E-state index contributed by atoms with van der Waals surface area (Å²) in [6.07, 6.45) is 1.64. The summed E-state index contributed by atoms with van der Waals surface area (Å²) in [6, 6.07) is 18.7. The highest BCUT2D eigenvalue weighted by molar-refractivity contribution is 7.25. The number of hydrogen-bond acceptors (Lipinski definition) is 5. The van der Waals surface area contributed by atoms with Gasteiger partial charge in [-0.15, -0.1) is 22.7 Å². The molecule has 8 heteroatoms. The van der Waals surface area contributed by atoms with E-state index in [4.69, 9.17) is 28.2 Å². The smallest absolute Gasteiger partial charge is 0.197 e. The standard InChI is InChI=1S/C25H12Cl2N2O2S2/c26-18-11-15-16(12-19(18)27)23(31)17(22(15)30)9-14-10-21-24(29(14)13-5-2-1-3-6-13)28-25(33-21)20-7-4-8-32-20/h1-12H. The van der Waals surface area contributed by atoms with Crippen molar-refractivity contribution in [3.8, 4) is 15.6 Å². The van der Waals surface area contributed by atoms with E-state index < -0.39 is 0 Å². The highest BCUT2D eigenvalue weighted by Crippen LogP contribution is 2.38. The fourth-order valence-corrected chi connectivity index (χ4v) is 6.08. The third-order valence-electron chi connectivity index (χ3n) is 5.46. The molecular formula is C25H12Cl2N2O2S2. The van der Waals surface area contributed by atoms with E-state index >= 15 is 0 Å². The molecule has 0 fully saturated rings. The van der Waals surface area contributed by atoms with Gasteiger partial charge in [0, 0.05) is 16.8 Å². The molecule has 2 aromatic carbocycles. The summed E-state index contributed by atoms with van der Waals surface area (Å²) in [7, 11) is 0. The van der Waals surface area contributed by atoms with E-state index in [1.807, 2.05) is 58.5 Å². The Morgan fingerprint density at radius 3 is 2.21 bits per heavy atom. The minimum atomic E-state index is -0.357. The highest BCUT2D eigenvalue weighted by Gasteiger charge is 2.34. The van der Waals surface area contributed by atoms with Gasteiger partial charge in [-0.25, -0.2) is 4.98 Å². The van der Waals surface area contributed by atoms with Gasteiger partial charge in [-0.1, -0.05) is 47.5 Å². The number of carbonyl (C=O) groups excluding carboxylic acids is 2. The lowest BCUT2D eigenvalue weighted by Gasteiger charge is -2.07. The van der Waals surface area contributed by atoms with E-state index in [0.29, 0.717) is 5.69 Å². The lowest BCUT2D eigenvalue weighted by Crippen LogP contribution is -2.03. The van der Waals surface area contributed by atoms with Crippen LogP contribution in [0.3, 0.4) is 0 Å². The molecule has 3 aromatic heterocycles. The maximum Gasteiger partial charge on any atom is 0.197 e. The molecular weight excluding hydrogens is 495 g/mol. The van der Waals surface area contributed by atoms with Crippen molar-refractivity contribution in [2.75, 3.05) is 0 Å². The number of benzene rings is 2. The summed E-state index contributed by atoms with van der Waals surface area (Å²) in [5.74, 6) is -0.713. The zero-order valence-electron chi connectivity index (χ0n) is 16.7. The van der Waals surface area contributed by atoms with Crippen molar-refractivity contribution in [2.24, 2.45) is 0 Å². The molecule has 5 aromatic rings. The Bertz CT molecular complexity index is 1570. The van der Waals surface area contributed by atoms with Gasteiger partial charge in [0.2, 0.25) is 0 Å². The lowest BCUT2D eigenvalue weighted by atomic mass is 10.1. The first-order chi connectivity index (χ1) is 16.0. The molecule has 0 unspecified atom stereocenters. The van der Waals surface area contributed by atoms with Crippen LogP contribution in [-0.2, 0) is 0 Å². The second-order valence-electron chi connectivity index (χ2n) is 7.45. The molecule has 4 nitrogen and oxygen atoms in total. The first kappa shape index (κ1) is 20.6. The van der Waals surface area contributed by atoms with Crippen LogP contribution in [0.5, 0.6) is 0 Å². The molecule has 0 spiro atoms. The largest absolute Gasteiger partial charge is 0.294 e. The predicted octanol–water partition coefficient (Wildman–Crippen LogP) is 7.58. The molecule has 0 N–H and O–H groups in total. The molecule has 1 aliphatic carbocycles. The first-order valence-electron chi connectivity index (χ1n) is 9.93. The number of rotatable bonds is 3. The van der Waals surface area contributed by atoms with Crippen LogP contribution < -0.4 is 0 Å². The fraction of sp³-hybridized carbons (Fsp3) is 0. The number of thiophene rings is 1. The summed E-state index contributed by atoms with van der Waals surface area (Å²) in [5.41, 5.74) is 3.02. The second kappa shape index (κ2) is 7.78. The number of fused-ring (bicyclic) bond motifs is 2. The Morgan fingerprint density at radius 1 is 0.879 bits per heavy atom. The third kappa shape index (κ3) is 3.30. The quantitative estimate of drug-likeness (QED) is 0.187. The molecule has 0 radical (unpaired) electrons. The molecule has 0 amide bonds. The minimum absolute atomic E-state index is 0.0872. The zero-order valence-corrected chi connectivity index (χ0v) is 19.9. The van der Waals surface area contributed by atoms with Crippen molar-refractivity contribution < 1.29 is 9.59 Å². The van der Waals surface area contributed by atoms with Crippen LogP contribution in [0.4, 0.5) is 0 Å². The van der Waals surface area contributed by atoms with E-state index in [0.717, 1.165) is 25.9 Å². The van der Waals surface area contributed by atoms with Crippen LogP contribution >= 0.6 is 45.9 Å². The van der Waals surface area contributed by atoms with Gasteiger partial charge in [-0.2, -0.15) is 0 Å². The van der Waals surface area contributed by atoms with E-state index in [9.17, 15) is 9.59 Å². The maximum absolute atomic E-state index is 13.1. The van der Waals surface area contributed by atoms with E-state index in [1.165, 1.54) is 12.1 Å².